The summed E-state index contributed by atoms with van der Waals surface area (Å²) in [7, 11) is -2.66. The van der Waals surface area contributed by atoms with Gasteiger partial charge in [-0.25, -0.2) is 8.42 Å². The minimum Gasteiger partial charge on any atom is -0.497 e. The second-order valence-electron chi connectivity index (χ2n) is 11.1. The number of hydrogen-bond acceptors (Lipinski definition) is 6. The predicted octanol–water partition coefficient (Wildman–Crippen LogP) is 5.84. The first-order valence-corrected chi connectivity index (χ1v) is 17.2. The number of rotatable bonds is 16. The van der Waals surface area contributed by atoms with E-state index in [1.807, 2.05) is 63.2 Å². The van der Waals surface area contributed by atoms with Crippen molar-refractivity contribution in [2.45, 2.75) is 57.1 Å². The zero-order chi connectivity index (χ0) is 33.8. The third-order valence-electron chi connectivity index (χ3n) is 7.80. The summed E-state index contributed by atoms with van der Waals surface area (Å²) in [5.41, 5.74) is 1.91. The molecule has 4 aromatic carbocycles. The van der Waals surface area contributed by atoms with Crippen LogP contribution in [0.4, 0.5) is 5.69 Å². The Bertz CT molecular complexity index is 1700. The lowest BCUT2D eigenvalue weighted by Gasteiger charge is -2.34. The number of hydrogen-bond donors (Lipinski definition) is 1. The van der Waals surface area contributed by atoms with E-state index in [2.05, 4.69) is 5.32 Å². The van der Waals surface area contributed by atoms with Crippen LogP contribution in [-0.4, -0.2) is 57.5 Å². The molecule has 0 heterocycles. The monoisotopic (exact) mass is 657 g/mol. The number of methoxy groups -OCH3 is 1. The summed E-state index contributed by atoms with van der Waals surface area (Å²) in [5, 5.41) is 3.05. The molecule has 0 spiro atoms. The molecule has 9 nitrogen and oxygen atoms in total. The van der Waals surface area contributed by atoms with Crippen LogP contribution < -0.4 is 19.1 Å². The molecule has 0 fully saturated rings. The summed E-state index contributed by atoms with van der Waals surface area (Å²) in [6.07, 6.45) is 0.936. The highest BCUT2D eigenvalue weighted by atomic mass is 32.2. The van der Waals surface area contributed by atoms with Crippen LogP contribution in [0, 0.1) is 0 Å². The van der Waals surface area contributed by atoms with Crippen molar-refractivity contribution in [2.24, 2.45) is 0 Å². The van der Waals surface area contributed by atoms with Crippen molar-refractivity contribution in [3.63, 3.8) is 0 Å². The van der Waals surface area contributed by atoms with Crippen molar-refractivity contribution >= 4 is 27.5 Å². The van der Waals surface area contributed by atoms with E-state index in [9.17, 15) is 18.0 Å². The Labute approximate surface area is 278 Å². The molecule has 0 aromatic heterocycles. The third kappa shape index (κ3) is 9.36. The van der Waals surface area contributed by atoms with Gasteiger partial charge in [0.25, 0.3) is 10.0 Å². The molecule has 0 radical (unpaired) electrons. The molecule has 1 N–H and O–H groups in total. The number of nitrogens with zero attached hydrogens (tertiary/aromatic N) is 2. The van der Waals surface area contributed by atoms with Gasteiger partial charge in [0.2, 0.25) is 11.8 Å². The summed E-state index contributed by atoms with van der Waals surface area (Å²) in [5.74, 6) is 0.281. The van der Waals surface area contributed by atoms with Gasteiger partial charge in [0.05, 0.1) is 24.3 Å². The topological polar surface area (TPSA) is 105 Å². The Kier molecular flexibility index (Phi) is 12.4. The number of sulfonamides is 1. The first kappa shape index (κ1) is 35.0. The molecule has 4 rings (SSSR count). The SMILES string of the molecule is CCOc1ccc(S(=O)(=O)N(CC(=O)N(Cc2cccc(OC)c2)[C@H](Cc2ccccc2)C(=O)N[C@H](C)CC)c2ccccc2)cc1. The number of anilines is 1. The highest BCUT2D eigenvalue weighted by molar-refractivity contribution is 7.92. The molecule has 0 unspecified atom stereocenters. The van der Waals surface area contributed by atoms with Crippen molar-refractivity contribution in [1.82, 2.24) is 10.2 Å². The molecule has 0 aliphatic heterocycles. The molecule has 4 aromatic rings. The number of nitrogens with one attached hydrogen (secondary N) is 1. The zero-order valence-corrected chi connectivity index (χ0v) is 28.2. The van der Waals surface area contributed by atoms with Crippen molar-refractivity contribution in [2.75, 3.05) is 24.6 Å². The van der Waals surface area contributed by atoms with Gasteiger partial charge < -0.3 is 19.7 Å². The Morgan fingerprint density at radius 3 is 2.06 bits per heavy atom. The van der Waals surface area contributed by atoms with Gasteiger partial charge in [-0.05, 0) is 79.9 Å². The van der Waals surface area contributed by atoms with Crippen molar-refractivity contribution in [1.29, 1.82) is 0 Å². The summed E-state index contributed by atoms with van der Waals surface area (Å²) >= 11 is 0. The quantitative estimate of drug-likeness (QED) is 0.162. The molecule has 248 valence electrons. The first-order valence-electron chi connectivity index (χ1n) is 15.7. The maximum atomic E-state index is 14.6. The van der Waals surface area contributed by atoms with Crippen LogP contribution in [-0.2, 0) is 32.6 Å². The zero-order valence-electron chi connectivity index (χ0n) is 27.3. The molecule has 47 heavy (non-hydrogen) atoms. The predicted molar refractivity (Wildman–Crippen MR) is 184 cm³/mol. The summed E-state index contributed by atoms with van der Waals surface area (Å²) in [6, 6.07) is 30.3. The van der Waals surface area contributed by atoms with Gasteiger partial charge in [0.15, 0.2) is 0 Å². The number of benzene rings is 4. The van der Waals surface area contributed by atoms with Gasteiger partial charge in [-0.1, -0.05) is 67.6 Å². The fourth-order valence-corrected chi connectivity index (χ4v) is 6.50. The molecule has 2 amide bonds. The van der Waals surface area contributed by atoms with Crippen molar-refractivity contribution in [3.8, 4) is 11.5 Å². The van der Waals surface area contributed by atoms with Crippen LogP contribution in [0.5, 0.6) is 11.5 Å². The Balaban J connectivity index is 1.79. The number of amides is 2. The van der Waals surface area contributed by atoms with Crippen molar-refractivity contribution in [3.05, 3.63) is 120 Å². The van der Waals surface area contributed by atoms with Gasteiger partial charge in [-0.3, -0.25) is 13.9 Å². The lowest BCUT2D eigenvalue weighted by atomic mass is 10.0. The Morgan fingerprint density at radius 1 is 0.809 bits per heavy atom. The Hall–Kier alpha value is -4.83. The van der Waals surface area contributed by atoms with Gasteiger partial charge in [0, 0.05) is 19.0 Å². The van der Waals surface area contributed by atoms with Crippen LogP contribution in [0.15, 0.2) is 114 Å². The summed E-state index contributed by atoms with van der Waals surface area (Å²) < 4.78 is 40.4. The molecule has 0 saturated carbocycles. The number of carbonyl (C=O) groups is 2. The average molecular weight is 658 g/mol. The van der Waals surface area contributed by atoms with Gasteiger partial charge >= 0.3 is 0 Å². The minimum absolute atomic E-state index is 0.00676. The Morgan fingerprint density at radius 2 is 1.45 bits per heavy atom. The summed E-state index contributed by atoms with van der Waals surface area (Å²) in [4.78, 5) is 30.0. The summed E-state index contributed by atoms with van der Waals surface area (Å²) in [6.45, 7) is 5.68. The third-order valence-corrected chi connectivity index (χ3v) is 9.59. The lowest BCUT2D eigenvalue weighted by Crippen LogP contribution is -2.54. The van der Waals surface area contributed by atoms with E-state index >= 15 is 0 Å². The van der Waals surface area contributed by atoms with Gasteiger partial charge in [-0.2, -0.15) is 0 Å². The molecular weight excluding hydrogens is 614 g/mol. The maximum absolute atomic E-state index is 14.6. The molecule has 0 aliphatic carbocycles. The van der Waals surface area contributed by atoms with Crippen LogP contribution in [0.25, 0.3) is 0 Å². The first-order chi connectivity index (χ1) is 22.7. The molecule has 0 saturated heterocycles. The van der Waals surface area contributed by atoms with E-state index in [0.717, 1.165) is 15.4 Å². The van der Waals surface area contributed by atoms with E-state index in [4.69, 9.17) is 9.47 Å². The fraction of sp³-hybridized carbons (Fsp3) is 0.297. The van der Waals surface area contributed by atoms with Crippen LogP contribution in [0.2, 0.25) is 0 Å². The normalized spacial score (nSPS) is 12.4. The maximum Gasteiger partial charge on any atom is 0.264 e. The molecule has 0 aliphatic rings. The van der Waals surface area contributed by atoms with Crippen LogP contribution in [0.1, 0.15) is 38.3 Å². The minimum atomic E-state index is -4.22. The van der Waals surface area contributed by atoms with E-state index < -0.39 is 28.5 Å². The molecular formula is C37H43N3O6S. The standard InChI is InChI=1S/C37H43N3O6S/c1-5-28(3)38-37(42)35(25-29-14-9-7-10-15-29)39(26-30-16-13-19-33(24-30)45-4)36(41)27-40(31-17-11-8-12-18-31)47(43,44)34-22-20-32(21-23-34)46-6-2/h7-24,28,35H,5-6,25-27H2,1-4H3,(H,38,42)/t28-,35-/m1/s1. The lowest BCUT2D eigenvalue weighted by molar-refractivity contribution is -0.140. The number of carbonyl (C=O) groups excluding carboxylic acids is 2. The smallest absolute Gasteiger partial charge is 0.264 e. The molecule has 0 bridgehead atoms. The second-order valence-corrected chi connectivity index (χ2v) is 13.0. The molecule has 10 heteroatoms. The molecule has 2 atom stereocenters. The number of ether oxygens (including phenoxy) is 2. The number of para-hydroxylation sites is 1. The van der Waals surface area contributed by atoms with E-state index in [1.54, 1.807) is 61.7 Å². The van der Waals surface area contributed by atoms with Crippen molar-refractivity contribution < 1.29 is 27.5 Å². The second kappa shape index (κ2) is 16.6. The fourth-order valence-electron chi connectivity index (χ4n) is 5.09. The van der Waals surface area contributed by atoms with E-state index in [0.29, 0.717) is 30.2 Å². The average Bonchev–Trinajstić information content (AvgIpc) is 3.09. The highest BCUT2D eigenvalue weighted by Gasteiger charge is 2.35. The van der Waals surface area contributed by atoms with Gasteiger partial charge in [-0.15, -0.1) is 0 Å². The van der Waals surface area contributed by atoms with E-state index in [-0.39, 0.29) is 29.8 Å². The van der Waals surface area contributed by atoms with E-state index in [1.165, 1.54) is 17.0 Å². The largest absolute Gasteiger partial charge is 0.497 e. The van der Waals surface area contributed by atoms with Gasteiger partial charge in [0.1, 0.15) is 24.1 Å². The highest BCUT2D eigenvalue weighted by Crippen LogP contribution is 2.26. The van der Waals surface area contributed by atoms with Crippen LogP contribution >= 0.6 is 0 Å². The van der Waals surface area contributed by atoms with Crippen LogP contribution in [0.3, 0.4) is 0 Å².